The van der Waals surface area contributed by atoms with Crippen LogP contribution in [-0.4, -0.2) is 62.5 Å². The molecular formula is C17H24N2O2. The van der Waals surface area contributed by atoms with Crippen LogP contribution < -0.4 is 4.74 Å². The predicted octanol–water partition coefficient (Wildman–Crippen LogP) is 1.69. The van der Waals surface area contributed by atoms with Crippen molar-refractivity contribution in [1.29, 1.82) is 0 Å². The Labute approximate surface area is 126 Å². The number of fused-ring (bicyclic) bond motifs is 1. The summed E-state index contributed by atoms with van der Waals surface area (Å²) < 4.78 is 5.49. The number of ketones is 1. The van der Waals surface area contributed by atoms with Gasteiger partial charge in [0, 0.05) is 25.1 Å². The van der Waals surface area contributed by atoms with Crippen molar-refractivity contribution < 1.29 is 9.53 Å². The van der Waals surface area contributed by atoms with Crippen LogP contribution in [0.3, 0.4) is 0 Å². The van der Waals surface area contributed by atoms with E-state index in [1.807, 2.05) is 25.2 Å². The number of hydrogen-bond acceptors (Lipinski definition) is 4. The zero-order valence-corrected chi connectivity index (χ0v) is 13.0. The second-order valence-corrected chi connectivity index (χ2v) is 6.46. The van der Waals surface area contributed by atoms with Crippen LogP contribution in [0.5, 0.6) is 5.75 Å². The number of Topliss-reactive ketones (excluding diaryl/α,β-unsaturated/α-hetero) is 1. The van der Waals surface area contributed by atoms with Crippen molar-refractivity contribution in [2.45, 2.75) is 12.8 Å². The number of likely N-dealkylation sites (tertiary alicyclic amines) is 1. The third-order valence-corrected chi connectivity index (χ3v) is 4.48. The van der Waals surface area contributed by atoms with Gasteiger partial charge in [-0.05, 0) is 56.7 Å². The van der Waals surface area contributed by atoms with Gasteiger partial charge in [-0.25, -0.2) is 0 Å². The molecule has 0 saturated carbocycles. The van der Waals surface area contributed by atoms with E-state index in [9.17, 15) is 4.79 Å². The van der Waals surface area contributed by atoms with E-state index >= 15 is 0 Å². The number of hydrogen-bond donors (Lipinski definition) is 0. The van der Waals surface area contributed by atoms with Crippen LogP contribution in [0.2, 0.25) is 0 Å². The second kappa shape index (κ2) is 6.16. The van der Waals surface area contributed by atoms with Crippen LogP contribution in [0.15, 0.2) is 18.2 Å². The standard InChI is InChI=1S/C17H24N2O2/c1-18-7-5-13(10-18)11-19(2)12-16(20)14-3-4-17-15(9-14)6-8-21-17/h3-4,9,13H,5-8,10-12H2,1-2H3. The molecule has 2 heterocycles. The molecule has 1 aromatic rings. The minimum absolute atomic E-state index is 0.207. The van der Waals surface area contributed by atoms with E-state index in [1.165, 1.54) is 18.5 Å². The monoisotopic (exact) mass is 288 g/mol. The number of carbonyl (C=O) groups excluding carboxylic acids is 1. The molecule has 0 aliphatic carbocycles. The number of ether oxygens (including phenoxy) is 1. The Hall–Kier alpha value is -1.39. The van der Waals surface area contributed by atoms with Gasteiger partial charge in [-0.1, -0.05) is 0 Å². The summed E-state index contributed by atoms with van der Waals surface area (Å²) in [5, 5.41) is 0. The zero-order chi connectivity index (χ0) is 14.8. The van der Waals surface area contributed by atoms with Crippen molar-refractivity contribution in [1.82, 2.24) is 9.80 Å². The number of rotatable bonds is 5. The SMILES string of the molecule is CN1CCC(CN(C)CC(=O)c2ccc3c(c2)CCO3)C1. The van der Waals surface area contributed by atoms with Gasteiger partial charge in [0.25, 0.3) is 0 Å². The minimum Gasteiger partial charge on any atom is -0.493 e. The number of likely N-dealkylation sites (N-methyl/N-ethyl adjacent to an activating group) is 1. The normalized spacial score (nSPS) is 21.6. The zero-order valence-electron chi connectivity index (χ0n) is 13.0. The van der Waals surface area contributed by atoms with Gasteiger partial charge in [0.05, 0.1) is 13.2 Å². The predicted molar refractivity (Wildman–Crippen MR) is 83.1 cm³/mol. The summed E-state index contributed by atoms with van der Waals surface area (Å²) in [5.74, 6) is 1.84. The quantitative estimate of drug-likeness (QED) is 0.772. The average molecular weight is 288 g/mol. The maximum Gasteiger partial charge on any atom is 0.176 e. The molecule has 1 fully saturated rings. The van der Waals surface area contributed by atoms with Crippen molar-refractivity contribution >= 4 is 5.78 Å². The molecule has 2 aliphatic rings. The first-order chi connectivity index (χ1) is 10.1. The van der Waals surface area contributed by atoms with E-state index in [0.717, 1.165) is 37.4 Å². The van der Waals surface area contributed by atoms with Crippen molar-refractivity contribution in [3.05, 3.63) is 29.3 Å². The Morgan fingerprint density at radius 2 is 2.33 bits per heavy atom. The molecule has 1 unspecified atom stereocenters. The van der Waals surface area contributed by atoms with Gasteiger partial charge >= 0.3 is 0 Å². The van der Waals surface area contributed by atoms with Gasteiger partial charge in [-0.2, -0.15) is 0 Å². The molecule has 0 radical (unpaired) electrons. The molecular weight excluding hydrogens is 264 g/mol. The number of nitrogens with zero attached hydrogens (tertiary/aromatic N) is 2. The van der Waals surface area contributed by atoms with Crippen molar-refractivity contribution in [3.63, 3.8) is 0 Å². The van der Waals surface area contributed by atoms with Crippen molar-refractivity contribution in [2.24, 2.45) is 5.92 Å². The summed E-state index contributed by atoms with van der Waals surface area (Å²) in [7, 11) is 4.21. The molecule has 1 atom stereocenters. The smallest absolute Gasteiger partial charge is 0.176 e. The number of carbonyl (C=O) groups is 1. The van der Waals surface area contributed by atoms with Gasteiger partial charge < -0.3 is 9.64 Å². The van der Waals surface area contributed by atoms with E-state index in [1.54, 1.807) is 0 Å². The van der Waals surface area contributed by atoms with Crippen LogP contribution in [0.1, 0.15) is 22.3 Å². The summed E-state index contributed by atoms with van der Waals surface area (Å²) in [6.45, 7) is 4.57. The lowest BCUT2D eigenvalue weighted by atomic mass is 10.0. The molecule has 0 bridgehead atoms. The topological polar surface area (TPSA) is 32.8 Å². The van der Waals surface area contributed by atoms with E-state index in [4.69, 9.17) is 4.74 Å². The lowest BCUT2D eigenvalue weighted by Crippen LogP contribution is -2.32. The first-order valence-corrected chi connectivity index (χ1v) is 7.78. The molecule has 21 heavy (non-hydrogen) atoms. The maximum absolute atomic E-state index is 12.4. The highest BCUT2D eigenvalue weighted by molar-refractivity contribution is 5.98. The van der Waals surface area contributed by atoms with Crippen molar-refractivity contribution in [3.8, 4) is 5.75 Å². The summed E-state index contributed by atoms with van der Waals surface area (Å²) in [6.07, 6.45) is 2.16. The molecule has 4 heteroatoms. The summed E-state index contributed by atoms with van der Waals surface area (Å²) in [5.41, 5.74) is 1.98. The van der Waals surface area contributed by atoms with Gasteiger partial charge in [0.1, 0.15) is 5.75 Å². The highest BCUT2D eigenvalue weighted by Crippen LogP contribution is 2.26. The molecule has 0 spiro atoms. The average Bonchev–Trinajstić information content (AvgIpc) is 3.06. The Kier molecular flexibility index (Phi) is 4.27. The third-order valence-electron chi connectivity index (χ3n) is 4.48. The summed E-state index contributed by atoms with van der Waals surface area (Å²) in [6, 6.07) is 5.83. The molecule has 1 aromatic carbocycles. The van der Waals surface area contributed by atoms with E-state index < -0.39 is 0 Å². The maximum atomic E-state index is 12.4. The number of benzene rings is 1. The Balaban J connectivity index is 1.55. The van der Waals surface area contributed by atoms with Crippen LogP contribution in [-0.2, 0) is 6.42 Å². The van der Waals surface area contributed by atoms with Crippen LogP contribution in [0.4, 0.5) is 0 Å². The van der Waals surface area contributed by atoms with Gasteiger partial charge in [-0.15, -0.1) is 0 Å². The molecule has 0 amide bonds. The molecule has 0 N–H and O–H groups in total. The highest BCUT2D eigenvalue weighted by atomic mass is 16.5. The van der Waals surface area contributed by atoms with Crippen LogP contribution in [0, 0.1) is 5.92 Å². The van der Waals surface area contributed by atoms with Crippen molar-refractivity contribution in [2.75, 3.05) is 46.9 Å². The van der Waals surface area contributed by atoms with Gasteiger partial charge in [0.15, 0.2) is 5.78 Å². The molecule has 114 valence electrons. The first-order valence-electron chi connectivity index (χ1n) is 7.78. The summed E-state index contributed by atoms with van der Waals surface area (Å²) in [4.78, 5) is 16.9. The molecule has 2 aliphatic heterocycles. The van der Waals surface area contributed by atoms with Crippen LogP contribution >= 0.6 is 0 Å². The van der Waals surface area contributed by atoms with E-state index in [2.05, 4.69) is 16.8 Å². The molecule has 4 nitrogen and oxygen atoms in total. The lowest BCUT2D eigenvalue weighted by Gasteiger charge is -2.20. The Bertz CT molecular complexity index is 530. The van der Waals surface area contributed by atoms with E-state index in [0.29, 0.717) is 12.5 Å². The van der Waals surface area contributed by atoms with Gasteiger partial charge in [0.2, 0.25) is 0 Å². The highest BCUT2D eigenvalue weighted by Gasteiger charge is 2.22. The third kappa shape index (κ3) is 3.44. The fraction of sp³-hybridized carbons (Fsp3) is 0.588. The second-order valence-electron chi connectivity index (χ2n) is 6.46. The summed E-state index contributed by atoms with van der Waals surface area (Å²) >= 11 is 0. The molecule has 0 aromatic heterocycles. The molecule has 3 rings (SSSR count). The fourth-order valence-corrected chi connectivity index (χ4v) is 3.38. The van der Waals surface area contributed by atoms with Crippen LogP contribution in [0.25, 0.3) is 0 Å². The largest absolute Gasteiger partial charge is 0.493 e. The molecule has 1 saturated heterocycles. The van der Waals surface area contributed by atoms with E-state index in [-0.39, 0.29) is 5.78 Å². The fourth-order valence-electron chi connectivity index (χ4n) is 3.38. The minimum atomic E-state index is 0.207. The Morgan fingerprint density at radius 1 is 1.48 bits per heavy atom. The lowest BCUT2D eigenvalue weighted by molar-refractivity contribution is 0.0938. The van der Waals surface area contributed by atoms with Gasteiger partial charge in [-0.3, -0.25) is 9.69 Å². The Morgan fingerprint density at radius 3 is 3.10 bits per heavy atom. The first kappa shape index (κ1) is 14.5.